The minimum atomic E-state index is -5.27. The molecule has 0 radical (unpaired) electrons. The maximum Gasteiger partial charge on any atom is 0.424 e. The molecular weight excluding hydrogens is 522 g/mol. The molecule has 0 fully saturated rings. The summed E-state index contributed by atoms with van der Waals surface area (Å²) in [6, 6.07) is 8.61. The van der Waals surface area contributed by atoms with Gasteiger partial charge in [-0.1, -0.05) is 0 Å². The molecule has 0 saturated heterocycles. The molecule has 0 aliphatic carbocycles. The van der Waals surface area contributed by atoms with Gasteiger partial charge in [-0.05, 0) is 49.4 Å². The highest BCUT2D eigenvalue weighted by atomic mass is 19.4. The zero-order valence-corrected chi connectivity index (χ0v) is 20.7. The van der Waals surface area contributed by atoms with Crippen molar-refractivity contribution in [2.75, 3.05) is 20.3 Å². The Morgan fingerprint density at radius 2 is 1.97 bits per heavy atom. The van der Waals surface area contributed by atoms with Gasteiger partial charge in [0.2, 0.25) is 5.60 Å². The Hall–Kier alpha value is -4.23. The molecule has 2 unspecified atom stereocenters. The number of amides is 1. The molecule has 2 aromatic heterocycles. The predicted octanol–water partition coefficient (Wildman–Crippen LogP) is 3.52. The molecule has 1 aliphatic rings. The summed E-state index contributed by atoms with van der Waals surface area (Å²) in [5.74, 6) is -1.08. The number of benzene rings is 2. The maximum atomic E-state index is 14.5. The minimum Gasteiger partial charge on any atom is -0.494 e. The van der Waals surface area contributed by atoms with E-state index >= 15 is 0 Å². The van der Waals surface area contributed by atoms with E-state index < -0.39 is 41.3 Å². The third kappa shape index (κ3) is 4.53. The average Bonchev–Trinajstić information content (AvgIpc) is 3.49. The number of nitrogens with two attached hydrogens (primary N) is 1. The van der Waals surface area contributed by atoms with Crippen molar-refractivity contribution in [3.05, 3.63) is 71.4 Å². The van der Waals surface area contributed by atoms with Crippen LogP contribution in [-0.2, 0) is 11.1 Å². The molecule has 2 atom stereocenters. The molecule has 5 N–H and O–H groups in total. The summed E-state index contributed by atoms with van der Waals surface area (Å²) < 4.78 is 67.8. The fraction of sp³-hybridized carbons (Fsp3) is 0.269. The Kier molecular flexibility index (Phi) is 6.23. The maximum absolute atomic E-state index is 14.5. The zero-order chi connectivity index (χ0) is 28.2. The van der Waals surface area contributed by atoms with Gasteiger partial charge in [0.25, 0.3) is 5.91 Å². The fourth-order valence-electron chi connectivity index (χ4n) is 4.37. The first-order valence-electron chi connectivity index (χ1n) is 11.7. The number of rotatable bonds is 6. The van der Waals surface area contributed by atoms with Gasteiger partial charge in [0.05, 0.1) is 36.7 Å². The number of imidazole rings is 1. The first kappa shape index (κ1) is 26.4. The lowest BCUT2D eigenvalue weighted by molar-refractivity contribution is -0.265. The van der Waals surface area contributed by atoms with E-state index in [2.05, 4.69) is 20.3 Å². The monoisotopic (exact) mass is 545 g/mol. The first-order valence-corrected chi connectivity index (χ1v) is 11.7. The van der Waals surface area contributed by atoms with E-state index in [1.807, 2.05) is 0 Å². The molecular formula is C26H23F4N5O4. The largest absolute Gasteiger partial charge is 0.494 e. The summed E-state index contributed by atoms with van der Waals surface area (Å²) in [4.78, 5) is 23.9. The summed E-state index contributed by atoms with van der Waals surface area (Å²) in [5, 5.41) is 13.2. The van der Waals surface area contributed by atoms with E-state index in [9.17, 15) is 27.5 Å². The summed E-state index contributed by atoms with van der Waals surface area (Å²) in [7, 11) is 1.37. The Morgan fingerprint density at radius 3 is 2.64 bits per heavy atom. The molecule has 204 valence electrons. The highest BCUT2D eigenvalue weighted by molar-refractivity contribution is 5.99. The van der Waals surface area contributed by atoms with Gasteiger partial charge in [-0.25, -0.2) is 14.4 Å². The number of pyridine rings is 1. The van der Waals surface area contributed by atoms with Crippen molar-refractivity contribution in [2.24, 2.45) is 5.73 Å². The molecule has 4 aromatic rings. The van der Waals surface area contributed by atoms with Gasteiger partial charge < -0.3 is 30.6 Å². The van der Waals surface area contributed by atoms with Crippen LogP contribution in [0.1, 0.15) is 28.5 Å². The molecule has 1 aliphatic heterocycles. The van der Waals surface area contributed by atoms with Crippen LogP contribution in [0.15, 0.2) is 48.8 Å². The number of carbonyl (C=O) groups is 1. The van der Waals surface area contributed by atoms with Gasteiger partial charge in [-0.2, -0.15) is 13.2 Å². The number of H-pyrrole nitrogens is 1. The Morgan fingerprint density at radius 1 is 1.26 bits per heavy atom. The number of ether oxygens (including phenoxy) is 2. The number of aliphatic hydroxyl groups is 1. The van der Waals surface area contributed by atoms with Gasteiger partial charge in [0.15, 0.2) is 5.75 Å². The lowest BCUT2D eigenvalue weighted by Gasteiger charge is -2.31. The lowest BCUT2D eigenvalue weighted by atomic mass is 9.89. The highest BCUT2D eigenvalue weighted by Gasteiger charge is 2.57. The fourth-order valence-corrected chi connectivity index (χ4v) is 4.37. The van der Waals surface area contributed by atoms with Crippen molar-refractivity contribution in [3.63, 3.8) is 0 Å². The number of hydrogen-bond donors (Lipinski definition) is 4. The second kappa shape index (κ2) is 9.20. The van der Waals surface area contributed by atoms with Crippen LogP contribution in [0.4, 0.5) is 17.6 Å². The molecule has 0 saturated carbocycles. The Labute approximate surface area is 219 Å². The van der Waals surface area contributed by atoms with E-state index in [1.54, 1.807) is 6.92 Å². The molecule has 39 heavy (non-hydrogen) atoms. The number of hydrogen-bond acceptors (Lipinski definition) is 7. The van der Waals surface area contributed by atoms with Crippen molar-refractivity contribution >= 4 is 16.9 Å². The molecule has 9 nitrogen and oxygen atoms in total. The number of halogens is 4. The number of alkyl halides is 3. The van der Waals surface area contributed by atoms with E-state index in [0.29, 0.717) is 11.0 Å². The second-order valence-electron chi connectivity index (χ2n) is 9.46. The Bertz CT molecular complexity index is 1570. The Balaban J connectivity index is 1.56. The van der Waals surface area contributed by atoms with Gasteiger partial charge in [0, 0.05) is 16.7 Å². The topological polar surface area (TPSA) is 135 Å². The van der Waals surface area contributed by atoms with E-state index in [-0.39, 0.29) is 40.5 Å². The summed E-state index contributed by atoms with van der Waals surface area (Å²) in [5.41, 5.74) is 1.84. The molecule has 0 spiro atoms. The molecule has 3 heterocycles. The number of carbonyl (C=O) groups excluding carboxylic acids is 1. The molecule has 13 heteroatoms. The second-order valence-corrected chi connectivity index (χ2v) is 9.46. The van der Waals surface area contributed by atoms with Crippen molar-refractivity contribution < 1.29 is 36.9 Å². The molecule has 0 bridgehead atoms. The van der Waals surface area contributed by atoms with Crippen molar-refractivity contribution in [1.82, 2.24) is 20.3 Å². The summed E-state index contributed by atoms with van der Waals surface area (Å²) in [6.45, 7) is 0.234. The van der Waals surface area contributed by atoms with E-state index in [0.717, 1.165) is 18.2 Å². The quantitative estimate of drug-likeness (QED) is 0.272. The smallest absolute Gasteiger partial charge is 0.424 e. The minimum absolute atomic E-state index is 0.0344. The van der Waals surface area contributed by atoms with Crippen LogP contribution in [0.3, 0.4) is 0 Å². The molecule has 1 amide bonds. The van der Waals surface area contributed by atoms with E-state index in [1.165, 1.54) is 37.7 Å². The van der Waals surface area contributed by atoms with Gasteiger partial charge in [0.1, 0.15) is 29.4 Å². The van der Waals surface area contributed by atoms with Crippen molar-refractivity contribution in [2.45, 2.75) is 24.2 Å². The molecule has 2 aromatic carbocycles. The predicted molar refractivity (Wildman–Crippen MR) is 132 cm³/mol. The van der Waals surface area contributed by atoms with Crippen LogP contribution < -0.4 is 20.5 Å². The first-order chi connectivity index (χ1) is 18.3. The highest BCUT2D eigenvalue weighted by Crippen LogP contribution is 2.46. The van der Waals surface area contributed by atoms with Crippen LogP contribution in [-0.4, -0.2) is 52.4 Å². The third-order valence-electron chi connectivity index (χ3n) is 6.60. The average molecular weight is 545 g/mol. The normalized spacial score (nSPS) is 18.4. The molecule has 5 rings (SSSR count). The van der Waals surface area contributed by atoms with Crippen LogP contribution in [0.25, 0.3) is 22.3 Å². The number of fused-ring (bicyclic) bond motifs is 2. The van der Waals surface area contributed by atoms with Crippen LogP contribution in [0.2, 0.25) is 0 Å². The number of methoxy groups -OCH3 is 1. The van der Waals surface area contributed by atoms with Gasteiger partial charge in [-0.3, -0.25) is 4.79 Å². The number of nitrogens with zero attached hydrogens (tertiary/aromatic N) is 2. The van der Waals surface area contributed by atoms with Crippen molar-refractivity contribution in [3.8, 4) is 22.8 Å². The third-order valence-corrected chi connectivity index (χ3v) is 6.60. The van der Waals surface area contributed by atoms with Crippen LogP contribution >= 0.6 is 0 Å². The number of nitrogens with one attached hydrogen (secondary N) is 2. The zero-order valence-electron chi connectivity index (χ0n) is 20.7. The van der Waals surface area contributed by atoms with E-state index in [4.69, 9.17) is 15.2 Å². The lowest BCUT2D eigenvalue weighted by Crippen LogP contribution is -2.51. The van der Waals surface area contributed by atoms with Crippen LogP contribution in [0.5, 0.6) is 11.5 Å². The van der Waals surface area contributed by atoms with Gasteiger partial charge in [-0.15, -0.1) is 0 Å². The van der Waals surface area contributed by atoms with Crippen LogP contribution in [0, 0.1) is 5.82 Å². The number of aromatic nitrogens is 3. The number of aromatic amines is 1. The standard InChI is InChI=1S/C26H23F4N5O4/c1-24(31)11-39-22-16(24)9-19(35-20(22)13-3-5-15(27)6-4-13)25(37,26(28,29)30)10-32-23(36)14-7-17-21(34-12-33-17)18(8-14)38-2/h3-9,12,37H,10-11,31H2,1-2H3,(H,32,36)(H,33,34). The SMILES string of the molecule is COc1cc(C(=O)NCC(O)(c2cc3c(c(-c4ccc(F)cc4)n2)OCC3(C)N)C(F)(F)F)cc2nc[nH]c12. The van der Waals surface area contributed by atoms with Crippen molar-refractivity contribution in [1.29, 1.82) is 0 Å². The summed E-state index contributed by atoms with van der Waals surface area (Å²) in [6.07, 6.45) is -3.89. The summed E-state index contributed by atoms with van der Waals surface area (Å²) >= 11 is 0. The van der Waals surface area contributed by atoms with Gasteiger partial charge >= 0.3 is 6.18 Å².